The van der Waals surface area contributed by atoms with Crippen molar-refractivity contribution < 1.29 is 0 Å². The summed E-state index contributed by atoms with van der Waals surface area (Å²) in [6.07, 6.45) is 7.56. The molecule has 0 spiro atoms. The molecule has 5 nitrogen and oxygen atoms in total. The summed E-state index contributed by atoms with van der Waals surface area (Å²) in [6, 6.07) is 4.00. The molecule has 0 N–H and O–H groups in total. The fraction of sp³-hybridized carbons (Fsp3) is 0.286. The number of hydrogen-bond acceptors (Lipinski definition) is 4. The highest BCUT2D eigenvalue weighted by Crippen LogP contribution is 2.35. The summed E-state index contributed by atoms with van der Waals surface area (Å²) in [6.45, 7) is 0.931. The number of benzene rings is 1. The first kappa shape index (κ1) is 11.8. The van der Waals surface area contributed by atoms with Crippen molar-refractivity contribution in [1.29, 1.82) is 0 Å². The van der Waals surface area contributed by atoms with E-state index in [9.17, 15) is 0 Å². The zero-order chi connectivity index (χ0) is 13.5. The van der Waals surface area contributed by atoms with Crippen LogP contribution in [0.1, 0.15) is 12.8 Å². The lowest BCUT2D eigenvalue weighted by Crippen LogP contribution is -2.01. The molecule has 0 saturated heterocycles. The van der Waals surface area contributed by atoms with Crippen molar-refractivity contribution in [3.63, 3.8) is 0 Å². The molecule has 1 aliphatic rings. The molecular formula is C14H12ClN5. The molecule has 0 radical (unpaired) electrons. The Hall–Kier alpha value is -2.01. The number of rotatable bonds is 3. The smallest absolute Gasteiger partial charge is 0.132 e. The third-order valence-corrected chi connectivity index (χ3v) is 4.01. The maximum absolute atomic E-state index is 6.47. The summed E-state index contributed by atoms with van der Waals surface area (Å²) >= 11 is 6.47. The number of hydrogen-bond donors (Lipinski definition) is 0. The van der Waals surface area contributed by atoms with Gasteiger partial charge in [-0.2, -0.15) is 0 Å². The minimum Gasteiger partial charge on any atom is -0.244 e. The zero-order valence-electron chi connectivity index (χ0n) is 10.7. The highest BCUT2D eigenvalue weighted by atomic mass is 35.5. The average Bonchev–Trinajstić information content (AvgIpc) is 3.20. The second kappa shape index (κ2) is 4.52. The van der Waals surface area contributed by atoms with Gasteiger partial charge in [0.05, 0.1) is 10.5 Å². The van der Waals surface area contributed by atoms with E-state index in [2.05, 4.69) is 20.3 Å². The predicted octanol–water partition coefficient (Wildman–Crippen LogP) is 2.95. The first-order chi connectivity index (χ1) is 9.83. The molecule has 100 valence electrons. The van der Waals surface area contributed by atoms with Gasteiger partial charge in [-0.05, 0) is 24.8 Å². The van der Waals surface area contributed by atoms with Crippen molar-refractivity contribution in [3.8, 4) is 11.1 Å². The molecule has 20 heavy (non-hydrogen) atoms. The van der Waals surface area contributed by atoms with Gasteiger partial charge in [-0.25, -0.2) is 14.6 Å². The first-order valence-electron chi connectivity index (χ1n) is 6.60. The summed E-state index contributed by atoms with van der Waals surface area (Å²) < 4.78 is 1.95. The Balaban J connectivity index is 1.83. The average molecular weight is 286 g/mol. The van der Waals surface area contributed by atoms with Gasteiger partial charge in [0.15, 0.2) is 0 Å². The van der Waals surface area contributed by atoms with Crippen LogP contribution in [-0.2, 0) is 6.54 Å². The maximum Gasteiger partial charge on any atom is 0.132 e. The maximum atomic E-state index is 6.47. The third kappa shape index (κ3) is 1.94. The van der Waals surface area contributed by atoms with Gasteiger partial charge >= 0.3 is 0 Å². The van der Waals surface area contributed by atoms with Crippen LogP contribution in [0.4, 0.5) is 0 Å². The van der Waals surface area contributed by atoms with Crippen LogP contribution >= 0.6 is 11.6 Å². The molecule has 4 rings (SSSR count). The Morgan fingerprint density at radius 1 is 1.20 bits per heavy atom. The SMILES string of the molecule is Clc1c(-c2cncnc2)ccc2c1nnn2CC1CC1. The first-order valence-corrected chi connectivity index (χ1v) is 6.98. The highest BCUT2D eigenvalue weighted by Gasteiger charge is 2.23. The Labute approximate surface area is 120 Å². The highest BCUT2D eigenvalue weighted by molar-refractivity contribution is 6.37. The predicted molar refractivity (Wildman–Crippen MR) is 76.3 cm³/mol. The molecule has 0 atom stereocenters. The van der Waals surface area contributed by atoms with Crippen molar-refractivity contribution in [3.05, 3.63) is 35.9 Å². The standard InChI is InChI=1S/C14H12ClN5/c15-13-11(10-5-16-8-17-6-10)3-4-12-14(13)18-19-20(12)7-9-1-2-9/h3-6,8-9H,1-2,7H2. The van der Waals surface area contributed by atoms with E-state index < -0.39 is 0 Å². The van der Waals surface area contributed by atoms with Gasteiger partial charge < -0.3 is 0 Å². The summed E-state index contributed by atoms with van der Waals surface area (Å²) in [4.78, 5) is 8.05. The number of aromatic nitrogens is 5. The van der Waals surface area contributed by atoms with Gasteiger partial charge in [0.2, 0.25) is 0 Å². The molecule has 0 unspecified atom stereocenters. The second-order valence-electron chi connectivity index (χ2n) is 5.14. The van der Waals surface area contributed by atoms with Crippen LogP contribution < -0.4 is 0 Å². The van der Waals surface area contributed by atoms with Crippen molar-refractivity contribution in [1.82, 2.24) is 25.0 Å². The minimum absolute atomic E-state index is 0.611. The molecule has 3 aromatic rings. The summed E-state index contributed by atoms with van der Waals surface area (Å²) in [5.41, 5.74) is 3.51. The molecule has 1 fully saturated rings. The Kier molecular flexibility index (Phi) is 2.67. The van der Waals surface area contributed by atoms with E-state index in [1.54, 1.807) is 12.4 Å². The van der Waals surface area contributed by atoms with Gasteiger partial charge in [-0.1, -0.05) is 22.9 Å². The van der Waals surface area contributed by atoms with E-state index in [1.807, 2.05) is 16.8 Å². The van der Waals surface area contributed by atoms with Crippen molar-refractivity contribution in [2.75, 3.05) is 0 Å². The van der Waals surface area contributed by atoms with Gasteiger partial charge in [-0.15, -0.1) is 5.10 Å². The van der Waals surface area contributed by atoms with Crippen LogP contribution in [0.15, 0.2) is 30.9 Å². The Bertz CT molecular complexity index is 764. The summed E-state index contributed by atoms with van der Waals surface area (Å²) in [7, 11) is 0. The Morgan fingerprint density at radius 3 is 2.75 bits per heavy atom. The molecular weight excluding hydrogens is 274 g/mol. The van der Waals surface area contributed by atoms with E-state index in [1.165, 1.54) is 19.2 Å². The lowest BCUT2D eigenvalue weighted by Gasteiger charge is -2.05. The molecule has 2 aromatic heterocycles. The van der Waals surface area contributed by atoms with Gasteiger partial charge in [0.1, 0.15) is 11.8 Å². The fourth-order valence-corrected chi connectivity index (χ4v) is 2.65. The lowest BCUT2D eigenvalue weighted by atomic mass is 10.1. The second-order valence-corrected chi connectivity index (χ2v) is 5.51. The fourth-order valence-electron chi connectivity index (χ4n) is 2.35. The molecule has 0 bridgehead atoms. The van der Waals surface area contributed by atoms with Gasteiger partial charge in [-0.3, -0.25) is 0 Å². The lowest BCUT2D eigenvalue weighted by molar-refractivity contribution is 0.559. The normalized spacial score (nSPS) is 14.8. The number of halogens is 1. The van der Waals surface area contributed by atoms with Gasteiger partial charge in [0.25, 0.3) is 0 Å². The van der Waals surface area contributed by atoms with Crippen molar-refractivity contribution in [2.45, 2.75) is 19.4 Å². The molecule has 0 aliphatic heterocycles. The third-order valence-electron chi connectivity index (χ3n) is 3.63. The molecule has 6 heteroatoms. The molecule has 1 saturated carbocycles. The summed E-state index contributed by atoms with van der Waals surface area (Å²) in [5, 5.41) is 9.06. The minimum atomic E-state index is 0.611. The monoisotopic (exact) mass is 285 g/mol. The summed E-state index contributed by atoms with van der Waals surface area (Å²) in [5.74, 6) is 0.751. The molecule has 2 heterocycles. The molecule has 1 aromatic carbocycles. The van der Waals surface area contributed by atoms with Crippen molar-refractivity contribution in [2.24, 2.45) is 5.92 Å². The van der Waals surface area contributed by atoms with Crippen LogP contribution in [0.2, 0.25) is 5.02 Å². The topological polar surface area (TPSA) is 56.5 Å². The molecule has 1 aliphatic carbocycles. The van der Waals surface area contributed by atoms with E-state index >= 15 is 0 Å². The number of nitrogens with zero attached hydrogens (tertiary/aromatic N) is 5. The van der Waals surface area contributed by atoms with Gasteiger partial charge in [0, 0.05) is 30.1 Å². The van der Waals surface area contributed by atoms with Crippen LogP contribution in [0, 0.1) is 5.92 Å². The van der Waals surface area contributed by atoms with E-state index in [-0.39, 0.29) is 0 Å². The van der Waals surface area contributed by atoms with Crippen LogP contribution in [0.3, 0.4) is 0 Å². The molecule has 0 amide bonds. The van der Waals surface area contributed by atoms with Crippen LogP contribution in [0.5, 0.6) is 0 Å². The van der Waals surface area contributed by atoms with E-state index in [0.29, 0.717) is 5.02 Å². The number of fused-ring (bicyclic) bond motifs is 1. The van der Waals surface area contributed by atoms with Crippen LogP contribution in [0.25, 0.3) is 22.2 Å². The quantitative estimate of drug-likeness (QED) is 0.742. The van der Waals surface area contributed by atoms with Crippen molar-refractivity contribution >= 4 is 22.6 Å². The largest absolute Gasteiger partial charge is 0.244 e. The Morgan fingerprint density at radius 2 is 2.00 bits per heavy atom. The van der Waals surface area contributed by atoms with Crippen LogP contribution in [-0.4, -0.2) is 25.0 Å². The van der Waals surface area contributed by atoms with E-state index in [4.69, 9.17) is 11.6 Å². The zero-order valence-corrected chi connectivity index (χ0v) is 11.5. The van der Waals surface area contributed by atoms with E-state index in [0.717, 1.165) is 34.6 Å².